The highest BCUT2D eigenvalue weighted by Gasteiger charge is 2.30. The molecule has 1 saturated carbocycles. The molecule has 30 heavy (non-hydrogen) atoms. The Morgan fingerprint density at radius 2 is 1.97 bits per heavy atom. The average Bonchev–Trinajstić information content (AvgIpc) is 3.54. The van der Waals surface area contributed by atoms with Crippen molar-refractivity contribution in [3.63, 3.8) is 0 Å². The second kappa shape index (κ2) is 7.67. The number of ether oxygens (including phenoxy) is 2. The highest BCUT2D eigenvalue weighted by atomic mass is 19.1. The lowest BCUT2D eigenvalue weighted by Crippen LogP contribution is -2.46. The normalized spacial score (nSPS) is 21.6. The Hall–Kier alpha value is -3.01. The van der Waals surface area contributed by atoms with Crippen LogP contribution in [-0.2, 0) is 0 Å². The van der Waals surface area contributed by atoms with Crippen molar-refractivity contribution >= 4 is 11.6 Å². The molecular weight excluding hydrogens is 389 g/mol. The van der Waals surface area contributed by atoms with Crippen LogP contribution in [0.3, 0.4) is 0 Å². The van der Waals surface area contributed by atoms with Crippen LogP contribution in [0.2, 0.25) is 0 Å². The lowest BCUT2D eigenvalue weighted by molar-refractivity contribution is 0.240. The maximum Gasteiger partial charge on any atom is 0.223 e. The summed E-state index contributed by atoms with van der Waals surface area (Å²) in [6.07, 6.45) is 4.99. The Balaban J connectivity index is 1.55. The maximum absolute atomic E-state index is 14.2. The third kappa shape index (κ3) is 3.41. The third-order valence-electron chi connectivity index (χ3n) is 5.60. The highest BCUT2D eigenvalue weighted by Crippen LogP contribution is 2.43. The quantitative estimate of drug-likeness (QED) is 0.635. The molecule has 0 bridgehead atoms. The Morgan fingerprint density at radius 3 is 2.70 bits per heavy atom. The van der Waals surface area contributed by atoms with Gasteiger partial charge in [0.15, 0.2) is 11.4 Å². The van der Waals surface area contributed by atoms with Crippen molar-refractivity contribution in [1.29, 1.82) is 0 Å². The summed E-state index contributed by atoms with van der Waals surface area (Å²) in [4.78, 5) is 13.4. The molecule has 10 heteroatoms. The van der Waals surface area contributed by atoms with E-state index in [4.69, 9.17) is 14.6 Å². The van der Waals surface area contributed by atoms with Gasteiger partial charge in [0, 0.05) is 18.5 Å². The topological polar surface area (TPSA) is 98.5 Å². The minimum absolute atomic E-state index is 0.341. The molecule has 2 atom stereocenters. The molecule has 5 rings (SSSR count). The minimum atomic E-state index is -0.952. The van der Waals surface area contributed by atoms with Crippen molar-refractivity contribution in [2.45, 2.75) is 37.4 Å². The van der Waals surface area contributed by atoms with Gasteiger partial charge >= 0.3 is 0 Å². The summed E-state index contributed by atoms with van der Waals surface area (Å²) in [7, 11) is 3.21. The number of methoxy groups -OCH3 is 2. The molecular formula is C20H24FN7O2. The number of hydrogen-bond donors (Lipinski definition) is 2. The van der Waals surface area contributed by atoms with Gasteiger partial charge in [-0.05, 0) is 25.8 Å². The van der Waals surface area contributed by atoms with Crippen molar-refractivity contribution < 1.29 is 13.9 Å². The first-order valence-electron chi connectivity index (χ1n) is 10.1. The molecule has 1 saturated heterocycles. The van der Waals surface area contributed by atoms with E-state index >= 15 is 0 Å². The predicted molar refractivity (Wildman–Crippen MR) is 109 cm³/mol. The predicted octanol–water partition coefficient (Wildman–Crippen LogP) is 2.19. The molecule has 0 spiro atoms. The number of alkyl halides is 1. The van der Waals surface area contributed by atoms with Gasteiger partial charge < -0.3 is 20.1 Å². The number of anilines is 1. The molecule has 1 aliphatic heterocycles. The van der Waals surface area contributed by atoms with E-state index in [1.807, 2.05) is 6.07 Å². The summed E-state index contributed by atoms with van der Waals surface area (Å²) in [5.74, 6) is 1.99. The summed E-state index contributed by atoms with van der Waals surface area (Å²) in [6, 6.07) is 1.50. The van der Waals surface area contributed by atoms with Gasteiger partial charge in [0.25, 0.3) is 0 Å². The SMILES string of the molecule is COc1cnc(NC2CNCCC2F)nc1-c1cnc2cc(OC)c(C3CC3)nn12. The van der Waals surface area contributed by atoms with Crippen LogP contribution < -0.4 is 20.1 Å². The maximum atomic E-state index is 14.2. The Kier molecular flexibility index (Phi) is 4.86. The third-order valence-corrected chi connectivity index (χ3v) is 5.60. The van der Waals surface area contributed by atoms with E-state index in [1.165, 1.54) is 0 Å². The van der Waals surface area contributed by atoms with Crippen LogP contribution in [0.5, 0.6) is 11.5 Å². The Morgan fingerprint density at radius 1 is 1.13 bits per heavy atom. The smallest absolute Gasteiger partial charge is 0.223 e. The molecule has 158 valence electrons. The van der Waals surface area contributed by atoms with E-state index in [0.29, 0.717) is 54.2 Å². The van der Waals surface area contributed by atoms with Crippen molar-refractivity contribution in [3.8, 4) is 22.9 Å². The molecule has 3 aromatic heterocycles. The van der Waals surface area contributed by atoms with Crippen LogP contribution in [0.15, 0.2) is 18.5 Å². The fourth-order valence-corrected chi connectivity index (χ4v) is 3.78. The van der Waals surface area contributed by atoms with Crippen LogP contribution >= 0.6 is 0 Å². The molecule has 2 aliphatic rings. The zero-order valence-electron chi connectivity index (χ0n) is 16.9. The summed E-state index contributed by atoms with van der Waals surface area (Å²) in [5.41, 5.74) is 2.79. The van der Waals surface area contributed by atoms with Crippen LogP contribution in [0, 0.1) is 0 Å². The number of nitrogens with zero attached hydrogens (tertiary/aromatic N) is 5. The zero-order valence-corrected chi connectivity index (χ0v) is 16.9. The zero-order chi connectivity index (χ0) is 20.7. The number of fused-ring (bicyclic) bond motifs is 1. The molecule has 2 unspecified atom stereocenters. The van der Waals surface area contributed by atoms with Gasteiger partial charge in [-0.1, -0.05) is 0 Å². The molecule has 2 N–H and O–H groups in total. The molecule has 2 fully saturated rings. The lowest BCUT2D eigenvalue weighted by atomic mass is 10.1. The molecule has 0 radical (unpaired) electrons. The van der Waals surface area contributed by atoms with Crippen molar-refractivity contribution in [3.05, 3.63) is 24.2 Å². The van der Waals surface area contributed by atoms with Crippen molar-refractivity contribution in [2.24, 2.45) is 0 Å². The monoisotopic (exact) mass is 413 g/mol. The number of piperidine rings is 1. The first-order chi connectivity index (χ1) is 14.7. The number of halogens is 1. The minimum Gasteiger partial charge on any atom is -0.495 e. The second-order valence-corrected chi connectivity index (χ2v) is 7.66. The summed E-state index contributed by atoms with van der Waals surface area (Å²) in [6.45, 7) is 1.20. The molecule has 9 nitrogen and oxygen atoms in total. The largest absolute Gasteiger partial charge is 0.495 e. The molecule has 4 heterocycles. The van der Waals surface area contributed by atoms with E-state index in [-0.39, 0.29) is 6.04 Å². The van der Waals surface area contributed by atoms with Crippen molar-refractivity contribution in [1.82, 2.24) is 29.9 Å². The van der Waals surface area contributed by atoms with E-state index < -0.39 is 6.17 Å². The van der Waals surface area contributed by atoms with E-state index in [9.17, 15) is 4.39 Å². The van der Waals surface area contributed by atoms with Crippen LogP contribution in [-0.4, -0.2) is 64.1 Å². The number of imidazole rings is 1. The van der Waals surface area contributed by atoms with Crippen LogP contribution in [0.4, 0.5) is 10.3 Å². The van der Waals surface area contributed by atoms with Gasteiger partial charge in [-0.15, -0.1) is 0 Å². The lowest BCUT2D eigenvalue weighted by Gasteiger charge is -2.27. The molecule has 0 amide bonds. The van der Waals surface area contributed by atoms with Gasteiger partial charge in [-0.3, -0.25) is 0 Å². The fraction of sp³-hybridized carbons (Fsp3) is 0.500. The van der Waals surface area contributed by atoms with Gasteiger partial charge in [0.05, 0.1) is 32.7 Å². The first-order valence-corrected chi connectivity index (χ1v) is 10.1. The van der Waals surface area contributed by atoms with Gasteiger partial charge in [0.1, 0.15) is 29.0 Å². The van der Waals surface area contributed by atoms with Gasteiger partial charge in [-0.2, -0.15) is 5.10 Å². The number of hydrogen-bond acceptors (Lipinski definition) is 8. The standard InChI is InChI=1S/C20H24FN7O2/c1-29-15-7-17-23-9-14(28(17)27-18(15)11-3-4-11)19-16(30-2)10-24-20(26-19)25-13-8-22-6-5-12(13)21/h7,9-13,22H,3-6,8H2,1-2H3,(H,24,25,26). The number of rotatable bonds is 6. The van der Waals surface area contributed by atoms with E-state index in [2.05, 4.69) is 25.6 Å². The van der Waals surface area contributed by atoms with Crippen LogP contribution in [0.25, 0.3) is 17.0 Å². The van der Waals surface area contributed by atoms with Crippen molar-refractivity contribution in [2.75, 3.05) is 32.6 Å². The summed E-state index contributed by atoms with van der Waals surface area (Å²) >= 11 is 0. The fourth-order valence-electron chi connectivity index (χ4n) is 3.78. The second-order valence-electron chi connectivity index (χ2n) is 7.66. The first kappa shape index (κ1) is 19.0. The average molecular weight is 413 g/mol. The Labute approximate surface area is 173 Å². The summed E-state index contributed by atoms with van der Waals surface area (Å²) < 4.78 is 27.0. The number of nitrogens with one attached hydrogen (secondary N) is 2. The molecule has 1 aliphatic carbocycles. The van der Waals surface area contributed by atoms with E-state index in [0.717, 1.165) is 24.3 Å². The highest BCUT2D eigenvalue weighted by molar-refractivity contribution is 5.67. The summed E-state index contributed by atoms with van der Waals surface area (Å²) in [5, 5.41) is 11.1. The van der Waals surface area contributed by atoms with Crippen LogP contribution in [0.1, 0.15) is 30.9 Å². The Bertz CT molecular complexity index is 1070. The van der Waals surface area contributed by atoms with Gasteiger partial charge in [0.2, 0.25) is 5.95 Å². The van der Waals surface area contributed by atoms with Gasteiger partial charge in [-0.25, -0.2) is 23.9 Å². The number of aromatic nitrogens is 5. The van der Waals surface area contributed by atoms with E-state index in [1.54, 1.807) is 31.1 Å². The molecule has 3 aromatic rings. The molecule has 0 aromatic carbocycles.